The summed E-state index contributed by atoms with van der Waals surface area (Å²) < 4.78 is 0. The highest BCUT2D eigenvalue weighted by Crippen LogP contribution is 2.26. The van der Waals surface area contributed by atoms with Crippen LogP contribution in [0.1, 0.15) is 44.6 Å². The van der Waals surface area contributed by atoms with E-state index in [4.69, 9.17) is 5.11 Å². The van der Waals surface area contributed by atoms with Crippen LogP contribution in [0.25, 0.3) is 0 Å². The topological polar surface area (TPSA) is 78.4 Å². The minimum Gasteiger partial charge on any atom is -0.481 e. The molecule has 0 spiro atoms. The van der Waals surface area contributed by atoms with E-state index in [1.807, 2.05) is 24.3 Å². The number of hydrogen-bond donors (Lipinski definition) is 3. The highest BCUT2D eigenvalue weighted by molar-refractivity contribution is 5.90. The molecular weight excluding hydrogens is 268 g/mol. The number of nitrogens with one attached hydrogen (secondary N) is 2. The van der Waals surface area contributed by atoms with Crippen LogP contribution >= 0.6 is 0 Å². The second kappa shape index (κ2) is 6.61. The van der Waals surface area contributed by atoms with Crippen LogP contribution in [0.2, 0.25) is 0 Å². The van der Waals surface area contributed by atoms with Crippen LogP contribution in [0.3, 0.4) is 0 Å². The molecule has 21 heavy (non-hydrogen) atoms. The third-order valence-electron chi connectivity index (χ3n) is 3.96. The molecule has 3 N–H and O–H groups in total. The Bertz CT molecular complexity index is 528. The molecule has 1 aliphatic carbocycles. The van der Waals surface area contributed by atoms with Gasteiger partial charge in [0.25, 0.3) is 0 Å². The summed E-state index contributed by atoms with van der Waals surface area (Å²) in [6, 6.07) is 7.07. The fourth-order valence-corrected chi connectivity index (χ4v) is 2.74. The lowest BCUT2D eigenvalue weighted by molar-refractivity contribution is -0.142. The van der Waals surface area contributed by atoms with Crippen LogP contribution in [0.4, 0.5) is 10.5 Å². The molecule has 0 aliphatic heterocycles. The predicted octanol–water partition coefficient (Wildman–Crippen LogP) is 3.18. The normalized spacial score (nSPS) is 21.3. The summed E-state index contributed by atoms with van der Waals surface area (Å²) in [5.41, 5.74) is 1.88. The van der Waals surface area contributed by atoms with Crippen molar-refractivity contribution in [3.63, 3.8) is 0 Å². The van der Waals surface area contributed by atoms with Crippen molar-refractivity contribution in [1.29, 1.82) is 0 Å². The number of rotatable bonds is 4. The minimum atomic E-state index is -0.834. The zero-order valence-electron chi connectivity index (χ0n) is 12.4. The number of benzene rings is 1. The lowest BCUT2D eigenvalue weighted by atomic mass is 10.0. The number of urea groups is 1. The van der Waals surface area contributed by atoms with Gasteiger partial charge >= 0.3 is 12.0 Å². The summed E-state index contributed by atoms with van der Waals surface area (Å²) >= 11 is 0. The van der Waals surface area contributed by atoms with Gasteiger partial charge in [-0.1, -0.05) is 32.4 Å². The molecule has 0 heterocycles. The standard InChI is InChI=1S/C16H22N2O3/c1-10(2)11-5-3-6-12(9-11)17-16(21)18-14-8-4-7-13(14)15(19)20/h3,5-6,9-10,13-14H,4,7-8H2,1-2H3,(H,19,20)(H2,17,18,21). The average Bonchev–Trinajstić information content (AvgIpc) is 2.87. The molecule has 0 bridgehead atoms. The number of hydrogen-bond acceptors (Lipinski definition) is 2. The highest BCUT2D eigenvalue weighted by atomic mass is 16.4. The molecule has 1 aromatic carbocycles. The van der Waals surface area contributed by atoms with Crippen molar-refractivity contribution in [3.05, 3.63) is 29.8 Å². The fourth-order valence-electron chi connectivity index (χ4n) is 2.74. The zero-order valence-corrected chi connectivity index (χ0v) is 12.4. The van der Waals surface area contributed by atoms with Gasteiger partial charge in [0.05, 0.1) is 5.92 Å². The zero-order chi connectivity index (χ0) is 15.4. The van der Waals surface area contributed by atoms with E-state index in [0.29, 0.717) is 12.3 Å². The third kappa shape index (κ3) is 3.97. The van der Waals surface area contributed by atoms with E-state index in [2.05, 4.69) is 24.5 Å². The molecule has 0 saturated heterocycles. The van der Waals surface area contributed by atoms with Gasteiger partial charge in [-0.3, -0.25) is 4.79 Å². The molecule has 114 valence electrons. The molecule has 1 saturated carbocycles. The monoisotopic (exact) mass is 290 g/mol. The van der Waals surface area contributed by atoms with Crippen LogP contribution < -0.4 is 10.6 Å². The van der Waals surface area contributed by atoms with Crippen molar-refractivity contribution in [3.8, 4) is 0 Å². The minimum absolute atomic E-state index is 0.282. The van der Waals surface area contributed by atoms with E-state index in [0.717, 1.165) is 24.1 Å². The van der Waals surface area contributed by atoms with Crippen LogP contribution in [0.15, 0.2) is 24.3 Å². The summed E-state index contributed by atoms with van der Waals surface area (Å²) in [5, 5.41) is 14.7. The van der Waals surface area contributed by atoms with Gasteiger partial charge in [0.15, 0.2) is 0 Å². The first-order chi connectivity index (χ1) is 9.97. The number of amides is 2. The number of aliphatic carboxylic acids is 1. The molecular formula is C16H22N2O3. The molecule has 1 fully saturated rings. The number of carbonyl (C=O) groups excluding carboxylic acids is 1. The fraction of sp³-hybridized carbons (Fsp3) is 0.500. The van der Waals surface area contributed by atoms with Crippen molar-refractivity contribution in [2.45, 2.75) is 45.1 Å². The van der Waals surface area contributed by atoms with Gasteiger partial charge < -0.3 is 15.7 Å². The lowest BCUT2D eigenvalue weighted by Gasteiger charge is -2.18. The number of anilines is 1. The van der Waals surface area contributed by atoms with Gasteiger partial charge in [0, 0.05) is 11.7 Å². The smallest absolute Gasteiger partial charge is 0.319 e. The van der Waals surface area contributed by atoms with Gasteiger partial charge in [-0.2, -0.15) is 0 Å². The Labute approximate surface area is 124 Å². The van der Waals surface area contributed by atoms with E-state index >= 15 is 0 Å². The van der Waals surface area contributed by atoms with Crippen molar-refractivity contribution >= 4 is 17.7 Å². The molecule has 5 heteroatoms. The number of carbonyl (C=O) groups is 2. The Morgan fingerprint density at radius 1 is 1.29 bits per heavy atom. The van der Waals surface area contributed by atoms with Crippen LogP contribution in [-0.2, 0) is 4.79 Å². The Morgan fingerprint density at radius 2 is 2.05 bits per heavy atom. The second-order valence-corrected chi connectivity index (χ2v) is 5.86. The van der Waals surface area contributed by atoms with Crippen molar-refractivity contribution < 1.29 is 14.7 Å². The number of carboxylic acid groups (broad SMARTS) is 1. The molecule has 2 atom stereocenters. The van der Waals surface area contributed by atoms with E-state index < -0.39 is 11.9 Å². The Kier molecular flexibility index (Phi) is 4.83. The molecule has 2 unspecified atom stereocenters. The summed E-state index contributed by atoms with van der Waals surface area (Å²) in [4.78, 5) is 23.1. The Morgan fingerprint density at radius 3 is 2.71 bits per heavy atom. The lowest BCUT2D eigenvalue weighted by Crippen LogP contribution is -2.42. The Hall–Kier alpha value is -2.04. The maximum Gasteiger partial charge on any atom is 0.319 e. The first kappa shape index (κ1) is 15.4. The largest absolute Gasteiger partial charge is 0.481 e. The van der Waals surface area contributed by atoms with Gasteiger partial charge in [0.1, 0.15) is 0 Å². The summed E-state index contributed by atoms with van der Waals surface area (Å²) in [7, 11) is 0. The Balaban J connectivity index is 1.95. The van der Waals surface area contributed by atoms with Crippen LogP contribution in [0.5, 0.6) is 0 Å². The second-order valence-electron chi connectivity index (χ2n) is 5.86. The average molecular weight is 290 g/mol. The molecule has 1 aliphatic rings. The van der Waals surface area contributed by atoms with Gasteiger partial charge in [-0.15, -0.1) is 0 Å². The highest BCUT2D eigenvalue weighted by Gasteiger charge is 2.33. The van der Waals surface area contributed by atoms with E-state index in [1.165, 1.54) is 0 Å². The van der Waals surface area contributed by atoms with Gasteiger partial charge in [0.2, 0.25) is 0 Å². The van der Waals surface area contributed by atoms with Gasteiger partial charge in [-0.05, 0) is 36.5 Å². The van der Waals surface area contributed by atoms with E-state index in [9.17, 15) is 9.59 Å². The summed E-state index contributed by atoms with van der Waals surface area (Å²) in [6.07, 6.45) is 2.18. The van der Waals surface area contributed by atoms with Crippen molar-refractivity contribution in [2.75, 3.05) is 5.32 Å². The molecule has 2 amide bonds. The quantitative estimate of drug-likeness (QED) is 0.797. The molecule has 0 radical (unpaired) electrons. The SMILES string of the molecule is CC(C)c1cccc(NC(=O)NC2CCCC2C(=O)O)c1. The first-order valence-corrected chi connectivity index (χ1v) is 7.37. The van der Waals surface area contributed by atoms with Crippen LogP contribution in [0, 0.1) is 5.92 Å². The van der Waals surface area contributed by atoms with Crippen molar-refractivity contribution in [1.82, 2.24) is 5.32 Å². The molecule has 2 rings (SSSR count). The summed E-state index contributed by atoms with van der Waals surface area (Å²) in [5.74, 6) is -0.918. The predicted molar refractivity (Wildman–Crippen MR) is 81.5 cm³/mol. The number of carboxylic acids is 1. The third-order valence-corrected chi connectivity index (χ3v) is 3.96. The van der Waals surface area contributed by atoms with E-state index in [1.54, 1.807) is 0 Å². The molecule has 0 aromatic heterocycles. The van der Waals surface area contributed by atoms with Crippen molar-refractivity contribution in [2.24, 2.45) is 5.92 Å². The van der Waals surface area contributed by atoms with E-state index in [-0.39, 0.29) is 12.1 Å². The van der Waals surface area contributed by atoms with Crippen LogP contribution in [-0.4, -0.2) is 23.1 Å². The van der Waals surface area contributed by atoms with Gasteiger partial charge in [-0.25, -0.2) is 4.79 Å². The molecule has 5 nitrogen and oxygen atoms in total. The molecule has 1 aromatic rings. The maximum absolute atomic E-state index is 12.0. The summed E-state index contributed by atoms with van der Waals surface area (Å²) in [6.45, 7) is 4.18. The maximum atomic E-state index is 12.0. The first-order valence-electron chi connectivity index (χ1n) is 7.37.